The summed E-state index contributed by atoms with van der Waals surface area (Å²) in [5.74, 6) is 0. The van der Waals surface area contributed by atoms with Gasteiger partial charge in [0, 0.05) is 0 Å². The highest BCUT2D eigenvalue weighted by Gasteiger charge is 1.87. The Balaban J connectivity index is 3.16. The first-order chi connectivity index (χ1) is 7.86. The predicted octanol–water partition coefficient (Wildman–Crippen LogP) is 2.57. The average molecular weight is 208 g/mol. The van der Waals surface area contributed by atoms with Gasteiger partial charge in [0.15, 0.2) is 0 Å². The predicted molar refractivity (Wildman–Crippen MR) is 70.1 cm³/mol. The Morgan fingerprint density at radius 1 is 0.625 bits per heavy atom. The van der Waals surface area contributed by atoms with Crippen molar-refractivity contribution in [3.63, 3.8) is 0 Å². The Hall–Kier alpha value is -1.82. The molecular weight excluding hydrogens is 192 g/mol. The third-order valence-corrected chi connectivity index (χ3v) is 2.83. The Labute approximate surface area is 95.9 Å². The Morgan fingerprint density at radius 2 is 1.00 bits per heavy atom. The molecule has 0 aromatic heterocycles. The molecule has 0 heteroatoms. The van der Waals surface area contributed by atoms with Crippen molar-refractivity contribution in [3.05, 3.63) is 69.4 Å². The zero-order valence-corrected chi connectivity index (χ0v) is 9.77. The lowest BCUT2D eigenvalue weighted by Crippen LogP contribution is -2.08. The fourth-order valence-electron chi connectivity index (χ4n) is 1.99. The molecule has 0 spiro atoms. The minimum Gasteiger partial charge on any atom is -0.0798 e. The van der Waals surface area contributed by atoms with Crippen LogP contribution in [0.2, 0.25) is 0 Å². The summed E-state index contributed by atoms with van der Waals surface area (Å²) in [5.41, 5.74) is 0. The molecule has 0 heterocycles. The SMILES string of the molecule is C\C=c1/cccc/c1=c1/cccc/c1=C\C. The van der Waals surface area contributed by atoms with Gasteiger partial charge in [-0.1, -0.05) is 60.7 Å². The molecule has 2 rings (SSSR count). The van der Waals surface area contributed by atoms with Crippen molar-refractivity contribution in [1.29, 1.82) is 0 Å². The maximum absolute atomic E-state index is 2.18. The second-order valence-corrected chi connectivity index (χ2v) is 3.75. The highest BCUT2D eigenvalue weighted by atomic mass is 13.9. The summed E-state index contributed by atoms with van der Waals surface area (Å²) in [4.78, 5) is 0. The number of hydrogen-bond donors (Lipinski definition) is 0. The van der Waals surface area contributed by atoms with E-state index in [1.165, 1.54) is 20.9 Å². The van der Waals surface area contributed by atoms with Crippen LogP contribution in [0.25, 0.3) is 12.2 Å². The molecule has 16 heavy (non-hydrogen) atoms. The van der Waals surface area contributed by atoms with Crippen LogP contribution >= 0.6 is 0 Å². The van der Waals surface area contributed by atoms with Crippen molar-refractivity contribution < 1.29 is 0 Å². The monoisotopic (exact) mass is 208 g/mol. The van der Waals surface area contributed by atoms with Gasteiger partial charge in [-0.3, -0.25) is 0 Å². The van der Waals surface area contributed by atoms with E-state index in [1.807, 2.05) is 0 Å². The molecule has 0 aliphatic heterocycles. The van der Waals surface area contributed by atoms with Crippen LogP contribution in [0.15, 0.2) is 48.5 Å². The van der Waals surface area contributed by atoms with Crippen LogP contribution in [-0.2, 0) is 0 Å². The third kappa shape index (κ3) is 1.92. The first-order valence-electron chi connectivity index (χ1n) is 5.64. The molecule has 0 aliphatic rings. The van der Waals surface area contributed by atoms with E-state index in [4.69, 9.17) is 0 Å². The van der Waals surface area contributed by atoms with E-state index in [1.54, 1.807) is 0 Å². The van der Waals surface area contributed by atoms with E-state index in [9.17, 15) is 0 Å². The van der Waals surface area contributed by atoms with E-state index in [0.29, 0.717) is 0 Å². The lowest BCUT2D eigenvalue weighted by atomic mass is 10.1. The molecule has 0 saturated carbocycles. The van der Waals surface area contributed by atoms with Gasteiger partial charge in [-0.15, -0.1) is 0 Å². The molecule has 2 aromatic carbocycles. The van der Waals surface area contributed by atoms with Crippen LogP contribution in [-0.4, -0.2) is 0 Å². The topological polar surface area (TPSA) is 0 Å². The first-order valence-corrected chi connectivity index (χ1v) is 5.64. The number of rotatable bonds is 0. The summed E-state index contributed by atoms with van der Waals surface area (Å²) in [5, 5.41) is 5.19. The summed E-state index contributed by atoms with van der Waals surface area (Å²) in [7, 11) is 0. The number of benzene rings is 2. The molecule has 2 aromatic rings. The van der Waals surface area contributed by atoms with Gasteiger partial charge in [-0.05, 0) is 34.7 Å². The molecule has 0 N–H and O–H groups in total. The van der Waals surface area contributed by atoms with Crippen molar-refractivity contribution in [2.45, 2.75) is 13.8 Å². The van der Waals surface area contributed by atoms with Crippen LogP contribution in [0.4, 0.5) is 0 Å². The molecular formula is C16H16. The zero-order valence-electron chi connectivity index (χ0n) is 9.77. The quantitative estimate of drug-likeness (QED) is 0.624. The Morgan fingerprint density at radius 3 is 1.38 bits per heavy atom. The van der Waals surface area contributed by atoms with E-state index >= 15 is 0 Å². The maximum atomic E-state index is 2.18. The first kappa shape index (κ1) is 10.7. The molecule has 0 atom stereocenters. The van der Waals surface area contributed by atoms with Gasteiger partial charge >= 0.3 is 0 Å². The number of hydrogen-bond acceptors (Lipinski definition) is 0. The summed E-state index contributed by atoms with van der Waals surface area (Å²) in [6, 6.07) is 17.0. The van der Waals surface area contributed by atoms with Crippen molar-refractivity contribution in [3.8, 4) is 0 Å². The second kappa shape index (κ2) is 4.80. The fourth-order valence-corrected chi connectivity index (χ4v) is 1.99. The van der Waals surface area contributed by atoms with Gasteiger partial charge in [0.25, 0.3) is 0 Å². The highest BCUT2D eigenvalue weighted by Crippen LogP contribution is 1.89. The Kier molecular flexibility index (Phi) is 3.21. The molecule has 0 nitrogen and oxygen atoms in total. The van der Waals surface area contributed by atoms with Crippen molar-refractivity contribution in [2.75, 3.05) is 0 Å². The molecule has 0 aliphatic carbocycles. The van der Waals surface area contributed by atoms with Gasteiger partial charge in [-0.25, -0.2) is 0 Å². The van der Waals surface area contributed by atoms with E-state index < -0.39 is 0 Å². The standard InChI is InChI=1S/C16H16/c1-3-13-9-5-7-11-15(13)16-12-8-6-10-14(16)4-2/h3-12H,1-2H3/b13-3+,14-4+,16-15+. The lowest BCUT2D eigenvalue weighted by Gasteiger charge is -1.93. The van der Waals surface area contributed by atoms with Crippen LogP contribution in [0.1, 0.15) is 13.8 Å². The molecule has 0 radical (unpaired) electrons. The van der Waals surface area contributed by atoms with Gasteiger partial charge < -0.3 is 0 Å². The maximum Gasteiger partial charge on any atom is -0.0109 e. The summed E-state index contributed by atoms with van der Waals surface area (Å²) < 4.78 is 0. The van der Waals surface area contributed by atoms with Gasteiger partial charge in [0.05, 0.1) is 0 Å². The van der Waals surface area contributed by atoms with Gasteiger partial charge in [-0.2, -0.15) is 0 Å². The molecule has 0 unspecified atom stereocenters. The van der Waals surface area contributed by atoms with Crippen LogP contribution in [0.3, 0.4) is 0 Å². The zero-order chi connectivity index (χ0) is 11.4. The van der Waals surface area contributed by atoms with Crippen molar-refractivity contribution >= 4 is 12.2 Å². The normalized spacial score (nSPS) is 15.4. The minimum atomic E-state index is 1.29. The summed E-state index contributed by atoms with van der Waals surface area (Å²) >= 11 is 0. The molecule has 0 bridgehead atoms. The largest absolute Gasteiger partial charge is 0.0798 e. The average Bonchev–Trinajstić information content (AvgIpc) is 2.38. The van der Waals surface area contributed by atoms with Crippen molar-refractivity contribution in [1.82, 2.24) is 0 Å². The second-order valence-electron chi connectivity index (χ2n) is 3.75. The van der Waals surface area contributed by atoms with E-state index in [0.717, 1.165) is 0 Å². The van der Waals surface area contributed by atoms with E-state index in [2.05, 4.69) is 74.5 Å². The molecule has 0 saturated heterocycles. The van der Waals surface area contributed by atoms with Crippen LogP contribution in [0, 0.1) is 10.4 Å². The lowest BCUT2D eigenvalue weighted by molar-refractivity contribution is 1.39. The van der Waals surface area contributed by atoms with Gasteiger partial charge in [0.2, 0.25) is 0 Å². The molecule has 0 fully saturated rings. The Bertz CT molecular complexity index is 617. The highest BCUT2D eigenvalue weighted by molar-refractivity contribution is 5.28. The van der Waals surface area contributed by atoms with Crippen LogP contribution in [0.5, 0.6) is 0 Å². The molecule has 0 amide bonds. The summed E-state index contributed by atoms with van der Waals surface area (Å²) in [6.07, 6.45) is 4.31. The van der Waals surface area contributed by atoms with Crippen LogP contribution < -0.4 is 10.4 Å². The summed E-state index contributed by atoms with van der Waals surface area (Å²) in [6.45, 7) is 4.16. The van der Waals surface area contributed by atoms with Crippen molar-refractivity contribution in [2.24, 2.45) is 0 Å². The van der Waals surface area contributed by atoms with Gasteiger partial charge in [0.1, 0.15) is 0 Å². The fraction of sp³-hybridized carbons (Fsp3) is 0.125. The smallest absolute Gasteiger partial charge is 0.0109 e. The minimum absolute atomic E-state index is 1.29. The van der Waals surface area contributed by atoms with E-state index in [-0.39, 0.29) is 0 Å². The third-order valence-electron chi connectivity index (χ3n) is 2.83. The molecule has 80 valence electrons.